The van der Waals surface area contributed by atoms with Gasteiger partial charge in [0.2, 0.25) is 5.91 Å². The quantitative estimate of drug-likeness (QED) is 0.865. The van der Waals surface area contributed by atoms with Crippen LogP contribution in [0.4, 0.5) is 0 Å². The number of benzene rings is 1. The van der Waals surface area contributed by atoms with Gasteiger partial charge in [-0.1, -0.05) is 15.9 Å². The molecule has 0 aromatic heterocycles. The van der Waals surface area contributed by atoms with Crippen LogP contribution >= 0.6 is 15.9 Å². The number of hydrogen-bond donors (Lipinski definition) is 1. The number of rotatable bonds is 5. The average Bonchev–Trinajstić information content (AvgIpc) is 2.48. The fourth-order valence-corrected chi connectivity index (χ4v) is 2.87. The van der Waals surface area contributed by atoms with Crippen molar-refractivity contribution in [1.29, 1.82) is 0 Å². The molecule has 2 rings (SSSR count). The number of amides is 1. The largest absolute Gasteiger partial charge is 0.496 e. The number of likely N-dealkylation sites (N-methyl/N-ethyl adjacent to an activating group) is 1. The number of carbonyl (C=O) groups excluding carboxylic acids is 1. The highest BCUT2D eigenvalue weighted by Crippen LogP contribution is 2.24. The zero-order valence-corrected chi connectivity index (χ0v) is 14.1. The van der Waals surface area contributed by atoms with Crippen LogP contribution in [0.2, 0.25) is 0 Å². The van der Waals surface area contributed by atoms with Crippen LogP contribution in [-0.4, -0.2) is 62.6 Å². The Labute approximate surface area is 134 Å². The van der Waals surface area contributed by atoms with Gasteiger partial charge in [-0.05, 0) is 25.2 Å². The van der Waals surface area contributed by atoms with Gasteiger partial charge in [-0.25, -0.2) is 0 Å². The summed E-state index contributed by atoms with van der Waals surface area (Å²) >= 11 is 3.47. The third-order valence-corrected chi connectivity index (χ3v) is 4.05. The Bertz CT molecular complexity index is 490. The first kappa shape index (κ1) is 16.3. The van der Waals surface area contributed by atoms with E-state index in [9.17, 15) is 4.79 Å². The average molecular weight is 356 g/mol. The van der Waals surface area contributed by atoms with E-state index in [4.69, 9.17) is 4.74 Å². The number of nitrogens with one attached hydrogen (secondary N) is 1. The number of carbonyl (C=O) groups is 1. The van der Waals surface area contributed by atoms with Crippen molar-refractivity contribution in [3.05, 3.63) is 28.2 Å². The minimum absolute atomic E-state index is 0.188. The van der Waals surface area contributed by atoms with Crippen molar-refractivity contribution in [3.63, 3.8) is 0 Å². The van der Waals surface area contributed by atoms with Gasteiger partial charge in [0, 0.05) is 42.8 Å². The van der Waals surface area contributed by atoms with Gasteiger partial charge < -0.3 is 15.0 Å². The van der Waals surface area contributed by atoms with E-state index in [1.54, 1.807) is 7.11 Å². The molecule has 1 saturated heterocycles. The number of methoxy groups -OCH3 is 1. The minimum Gasteiger partial charge on any atom is -0.496 e. The van der Waals surface area contributed by atoms with Crippen LogP contribution in [-0.2, 0) is 11.3 Å². The van der Waals surface area contributed by atoms with E-state index < -0.39 is 0 Å². The molecule has 1 heterocycles. The second-order valence-corrected chi connectivity index (χ2v) is 6.17. The Morgan fingerprint density at radius 1 is 1.43 bits per heavy atom. The van der Waals surface area contributed by atoms with E-state index in [2.05, 4.69) is 21.2 Å². The monoisotopic (exact) mass is 355 g/mol. The Morgan fingerprint density at radius 3 is 2.81 bits per heavy atom. The predicted molar refractivity (Wildman–Crippen MR) is 86.5 cm³/mol. The molecule has 1 fully saturated rings. The molecule has 0 radical (unpaired) electrons. The highest BCUT2D eigenvalue weighted by molar-refractivity contribution is 9.10. The fraction of sp³-hybridized carbons (Fsp3) is 0.533. The second-order valence-electron chi connectivity index (χ2n) is 5.26. The molecule has 6 heteroatoms. The lowest BCUT2D eigenvalue weighted by molar-refractivity contribution is -0.132. The lowest BCUT2D eigenvalue weighted by atomic mass is 10.2. The molecule has 116 valence electrons. The molecular formula is C15H22BrN3O2. The molecule has 0 saturated carbocycles. The zero-order chi connectivity index (χ0) is 15.2. The molecule has 5 nitrogen and oxygen atoms in total. The highest BCUT2D eigenvalue weighted by atomic mass is 79.9. The van der Waals surface area contributed by atoms with Crippen molar-refractivity contribution in [3.8, 4) is 5.75 Å². The van der Waals surface area contributed by atoms with E-state index in [1.807, 2.05) is 35.0 Å². The van der Waals surface area contributed by atoms with Gasteiger partial charge in [-0.2, -0.15) is 0 Å². The van der Waals surface area contributed by atoms with Crippen molar-refractivity contribution >= 4 is 21.8 Å². The molecule has 21 heavy (non-hydrogen) atoms. The summed E-state index contributed by atoms with van der Waals surface area (Å²) in [6, 6.07) is 5.92. The summed E-state index contributed by atoms with van der Waals surface area (Å²) < 4.78 is 6.39. The van der Waals surface area contributed by atoms with Gasteiger partial charge in [0.05, 0.1) is 13.7 Å². The van der Waals surface area contributed by atoms with E-state index >= 15 is 0 Å². The summed E-state index contributed by atoms with van der Waals surface area (Å²) in [5, 5.41) is 3.25. The first-order chi connectivity index (χ1) is 10.1. The maximum absolute atomic E-state index is 12.2. The fourth-order valence-electron chi connectivity index (χ4n) is 2.46. The maximum atomic E-state index is 12.2. The lowest BCUT2D eigenvalue weighted by Gasteiger charge is -2.29. The number of piperazine rings is 1. The number of halogens is 1. The first-order valence-corrected chi connectivity index (χ1v) is 7.89. The molecule has 1 aliphatic heterocycles. The van der Waals surface area contributed by atoms with Gasteiger partial charge in [-0.15, -0.1) is 0 Å². The topological polar surface area (TPSA) is 44.8 Å². The Balaban J connectivity index is 1.93. The molecular weight excluding hydrogens is 334 g/mol. The van der Waals surface area contributed by atoms with Crippen LogP contribution < -0.4 is 10.1 Å². The van der Waals surface area contributed by atoms with E-state index in [1.165, 1.54) is 0 Å². The molecule has 0 spiro atoms. The maximum Gasteiger partial charge on any atom is 0.236 e. The van der Waals surface area contributed by atoms with Gasteiger partial charge in [0.25, 0.3) is 0 Å². The second kappa shape index (κ2) is 7.77. The zero-order valence-electron chi connectivity index (χ0n) is 12.6. The highest BCUT2D eigenvalue weighted by Gasteiger charge is 2.18. The van der Waals surface area contributed by atoms with Crippen molar-refractivity contribution < 1.29 is 9.53 Å². The van der Waals surface area contributed by atoms with Crippen LogP contribution in [0.5, 0.6) is 5.75 Å². The first-order valence-electron chi connectivity index (χ1n) is 7.09. The molecule has 0 unspecified atom stereocenters. The Kier molecular flexibility index (Phi) is 6.02. The van der Waals surface area contributed by atoms with Crippen LogP contribution in [0.25, 0.3) is 0 Å². The summed E-state index contributed by atoms with van der Waals surface area (Å²) in [5.74, 6) is 1.03. The Hall–Kier alpha value is -1.11. The van der Waals surface area contributed by atoms with Crippen molar-refractivity contribution in [2.24, 2.45) is 0 Å². The summed E-state index contributed by atoms with van der Waals surface area (Å²) in [5.41, 5.74) is 1.07. The third kappa shape index (κ3) is 4.69. The van der Waals surface area contributed by atoms with E-state index in [-0.39, 0.29) is 5.91 Å². The van der Waals surface area contributed by atoms with Gasteiger partial charge in [0.1, 0.15) is 5.75 Å². The molecule has 0 atom stereocenters. The summed E-state index contributed by atoms with van der Waals surface area (Å²) in [6.07, 6.45) is 0. The molecule has 1 aromatic rings. The molecule has 0 aliphatic carbocycles. The standard InChI is InChI=1S/C15H22BrN3O2/c1-18(11-15(20)19-7-5-17-6-8-19)10-12-9-13(16)3-4-14(12)21-2/h3-4,9,17H,5-8,10-11H2,1-2H3. The van der Waals surface area contributed by atoms with Crippen LogP contribution in [0.15, 0.2) is 22.7 Å². The van der Waals surface area contributed by atoms with Gasteiger partial charge in [0.15, 0.2) is 0 Å². The summed E-state index contributed by atoms with van der Waals surface area (Å²) in [7, 11) is 3.62. The van der Waals surface area contributed by atoms with Gasteiger partial charge in [-0.3, -0.25) is 9.69 Å². The Morgan fingerprint density at radius 2 is 2.14 bits per heavy atom. The SMILES string of the molecule is COc1ccc(Br)cc1CN(C)CC(=O)N1CCNCC1. The van der Waals surface area contributed by atoms with Crippen molar-refractivity contribution in [1.82, 2.24) is 15.1 Å². The van der Waals surface area contributed by atoms with Crippen LogP contribution in [0.1, 0.15) is 5.56 Å². The number of nitrogens with zero attached hydrogens (tertiary/aromatic N) is 2. The molecule has 1 aliphatic rings. The van der Waals surface area contributed by atoms with Crippen molar-refractivity contribution in [2.45, 2.75) is 6.54 Å². The lowest BCUT2D eigenvalue weighted by Crippen LogP contribution is -2.49. The number of hydrogen-bond acceptors (Lipinski definition) is 4. The number of ether oxygens (including phenoxy) is 1. The van der Waals surface area contributed by atoms with Gasteiger partial charge >= 0.3 is 0 Å². The molecule has 0 bridgehead atoms. The predicted octanol–water partition coefficient (Wildman–Crippen LogP) is 1.32. The minimum atomic E-state index is 0.188. The third-order valence-electron chi connectivity index (χ3n) is 3.56. The van der Waals surface area contributed by atoms with Crippen molar-refractivity contribution in [2.75, 3.05) is 46.9 Å². The van der Waals surface area contributed by atoms with E-state index in [0.29, 0.717) is 13.1 Å². The smallest absolute Gasteiger partial charge is 0.236 e. The molecule has 1 aromatic carbocycles. The van der Waals surface area contributed by atoms with Crippen LogP contribution in [0.3, 0.4) is 0 Å². The summed E-state index contributed by atoms with van der Waals surface area (Å²) in [4.78, 5) is 16.2. The molecule has 1 N–H and O–H groups in total. The molecule has 1 amide bonds. The van der Waals surface area contributed by atoms with Crippen LogP contribution in [0, 0.1) is 0 Å². The normalized spacial score (nSPS) is 15.3. The van der Waals surface area contributed by atoms with E-state index in [0.717, 1.165) is 42.0 Å². The summed E-state index contributed by atoms with van der Waals surface area (Å²) in [6.45, 7) is 4.47.